The van der Waals surface area contributed by atoms with Crippen molar-refractivity contribution in [2.45, 2.75) is 58.8 Å². The summed E-state index contributed by atoms with van der Waals surface area (Å²) >= 11 is 0. The van der Waals surface area contributed by atoms with Gasteiger partial charge in [-0.05, 0) is 12.8 Å². The maximum Gasteiger partial charge on any atom is 0.323 e. The van der Waals surface area contributed by atoms with Crippen molar-refractivity contribution in [3.63, 3.8) is 0 Å². The summed E-state index contributed by atoms with van der Waals surface area (Å²) in [7, 11) is 0. The van der Waals surface area contributed by atoms with Crippen LogP contribution < -0.4 is 15.8 Å². The normalized spacial score (nSPS) is 10.5. The molecular formula is C14H27N5O. The average molecular weight is 281 g/mol. The van der Waals surface area contributed by atoms with Gasteiger partial charge >= 0.3 is 6.01 Å². The fourth-order valence-corrected chi connectivity index (χ4v) is 1.81. The lowest BCUT2D eigenvalue weighted by molar-refractivity contribution is 0.292. The number of rotatable bonds is 11. The fraction of sp³-hybridized carbons (Fsp3) is 0.786. The molecule has 0 spiro atoms. The minimum Gasteiger partial charge on any atom is -0.463 e. The minimum atomic E-state index is 0.191. The van der Waals surface area contributed by atoms with Gasteiger partial charge in [0.1, 0.15) is 0 Å². The van der Waals surface area contributed by atoms with Crippen LogP contribution in [-0.4, -0.2) is 28.1 Å². The average Bonchev–Trinajstić information content (AvgIpc) is 2.43. The molecule has 1 rings (SSSR count). The van der Waals surface area contributed by atoms with Crippen LogP contribution in [0.15, 0.2) is 0 Å². The van der Waals surface area contributed by atoms with Crippen molar-refractivity contribution in [2.75, 3.05) is 24.2 Å². The van der Waals surface area contributed by atoms with E-state index in [1.54, 1.807) is 0 Å². The second-order valence-corrected chi connectivity index (χ2v) is 4.84. The molecule has 0 aliphatic rings. The molecule has 0 saturated heterocycles. The van der Waals surface area contributed by atoms with Crippen molar-refractivity contribution in [1.29, 1.82) is 0 Å². The Morgan fingerprint density at radius 2 is 1.70 bits per heavy atom. The molecule has 0 aliphatic carbocycles. The highest BCUT2D eigenvalue weighted by Crippen LogP contribution is 2.10. The number of nitrogens with zero attached hydrogens (tertiary/aromatic N) is 3. The molecule has 114 valence electrons. The van der Waals surface area contributed by atoms with Crippen LogP contribution >= 0.6 is 0 Å². The number of hydrogen-bond donors (Lipinski definition) is 2. The third kappa shape index (κ3) is 7.11. The molecule has 3 N–H and O–H groups in total. The second kappa shape index (κ2) is 10.2. The topological polar surface area (TPSA) is 86.0 Å². The van der Waals surface area contributed by atoms with Gasteiger partial charge in [0.15, 0.2) is 0 Å². The van der Waals surface area contributed by atoms with Crippen molar-refractivity contribution < 1.29 is 4.74 Å². The largest absolute Gasteiger partial charge is 0.463 e. The zero-order chi connectivity index (χ0) is 14.6. The molecule has 0 atom stereocenters. The first-order valence-electron chi connectivity index (χ1n) is 7.64. The highest BCUT2D eigenvalue weighted by atomic mass is 16.5. The van der Waals surface area contributed by atoms with E-state index in [1.165, 1.54) is 32.1 Å². The Morgan fingerprint density at radius 3 is 2.45 bits per heavy atom. The Balaban J connectivity index is 2.26. The van der Waals surface area contributed by atoms with E-state index in [-0.39, 0.29) is 5.95 Å². The fourth-order valence-electron chi connectivity index (χ4n) is 1.81. The van der Waals surface area contributed by atoms with Crippen LogP contribution in [0.5, 0.6) is 6.01 Å². The van der Waals surface area contributed by atoms with E-state index in [1.807, 2.05) is 6.92 Å². The van der Waals surface area contributed by atoms with Crippen LogP contribution in [0.3, 0.4) is 0 Å². The van der Waals surface area contributed by atoms with Crippen LogP contribution in [-0.2, 0) is 0 Å². The number of aromatic nitrogens is 3. The second-order valence-electron chi connectivity index (χ2n) is 4.84. The standard InChI is InChI=1S/C14H27N5O/c1-3-5-6-7-8-9-10-16-13-17-12(15)18-14(19-13)20-11-4-2/h3-11H2,1-2H3,(H3,15,16,17,18,19). The summed E-state index contributed by atoms with van der Waals surface area (Å²) in [6, 6.07) is 0.296. The molecule has 0 aliphatic heterocycles. The van der Waals surface area contributed by atoms with E-state index < -0.39 is 0 Å². The number of nitrogen functional groups attached to an aromatic ring is 1. The van der Waals surface area contributed by atoms with Crippen LogP contribution in [0.1, 0.15) is 58.8 Å². The van der Waals surface area contributed by atoms with Crippen LogP contribution in [0.4, 0.5) is 11.9 Å². The molecule has 0 fully saturated rings. The lowest BCUT2D eigenvalue weighted by Crippen LogP contribution is -2.10. The number of nitrogens with one attached hydrogen (secondary N) is 1. The minimum absolute atomic E-state index is 0.191. The van der Waals surface area contributed by atoms with Crippen LogP contribution in [0, 0.1) is 0 Å². The molecule has 0 unspecified atom stereocenters. The summed E-state index contributed by atoms with van der Waals surface area (Å²) in [5, 5.41) is 3.17. The summed E-state index contributed by atoms with van der Waals surface area (Å²) in [4.78, 5) is 12.2. The Kier molecular flexibility index (Phi) is 8.42. The molecule has 0 bridgehead atoms. The van der Waals surface area contributed by atoms with Gasteiger partial charge in [0.2, 0.25) is 11.9 Å². The van der Waals surface area contributed by atoms with Crippen molar-refractivity contribution in [3.8, 4) is 6.01 Å². The van der Waals surface area contributed by atoms with Gasteiger partial charge < -0.3 is 15.8 Å². The molecule has 0 saturated carbocycles. The van der Waals surface area contributed by atoms with E-state index in [4.69, 9.17) is 10.5 Å². The van der Waals surface area contributed by atoms with E-state index >= 15 is 0 Å². The number of unbranched alkanes of at least 4 members (excludes halogenated alkanes) is 5. The molecule has 0 amide bonds. The summed E-state index contributed by atoms with van der Waals surface area (Å²) in [6.45, 7) is 5.69. The maximum atomic E-state index is 5.63. The molecule has 6 nitrogen and oxygen atoms in total. The van der Waals surface area contributed by atoms with E-state index in [0.29, 0.717) is 18.6 Å². The summed E-state index contributed by atoms with van der Waals surface area (Å²) in [6.07, 6.45) is 8.47. The van der Waals surface area contributed by atoms with Gasteiger partial charge in [-0.25, -0.2) is 0 Å². The predicted octanol–water partition coefficient (Wildman–Crippen LogP) is 3.02. The first kappa shape index (κ1) is 16.5. The zero-order valence-electron chi connectivity index (χ0n) is 12.7. The zero-order valence-corrected chi connectivity index (χ0v) is 12.7. The Morgan fingerprint density at radius 1 is 0.950 bits per heavy atom. The molecular weight excluding hydrogens is 254 g/mol. The van der Waals surface area contributed by atoms with Crippen LogP contribution in [0.2, 0.25) is 0 Å². The highest BCUT2D eigenvalue weighted by Gasteiger charge is 2.04. The summed E-state index contributed by atoms with van der Waals surface area (Å²) in [5.41, 5.74) is 5.63. The van der Waals surface area contributed by atoms with Gasteiger partial charge in [-0.3, -0.25) is 0 Å². The summed E-state index contributed by atoms with van der Waals surface area (Å²) < 4.78 is 5.37. The maximum absolute atomic E-state index is 5.63. The third-order valence-corrected chi connectivity index (χ3v) is 2.88. The highest BCUT2D eigenvalue weighted by molar-refractivity contribution is 5.32. The molecule has 1 aromatic rings. The van der Waals surface area contributed by atoms with Gasteiger partial charge in [0.25, 0.3) is 0 Å². The predicted molar refractivity (Wildman–Crippen MR) is 81.9 cm³/mol. The molecule has 20 heavy (non-hydrogen) atoms. The monoisotopic (exact) mass is 281 g/mol. The Bertz CT molecular complexity index is 373. The van der Waals surface area contributed by atoms with Gasteiger partial charge in [-0.1, -0.05) is 46.0 Å². The van der Waals surface area contributed by atoms with Gasteiger partial charge in [-0.15, -0.1) is 0 Å². The van der Waals surface area contributed by atoms with Crippen LogP contribution in [0.25, 0.3) is 0 Å². The molecule has 1 heterocycles. The number of anilines is 2. The molecule has 1 aromatic heterocycles. The molecule has 0 aromatic carbocycles. The smallest absolute Gasteiger partial charge is 0.323 e. The van der Waals surface area contributed by atoms with Gasteiger partial charge in [0.05, 0.1) is 6.61 Å². The molecule has 0 radical (unpaired) electrons. The van der Waals surface area contributed by atoms with E-state index in [2.05, 4.69) is 27.2 Å². The summed E-state index contributed by atoms with van der Waals surface area (Å²) in [5.74, 6) is 0.689. The lowest BCUT2D eigenvalue weighted by Gasteiger charge is -2.07. The third-order valence-electron chi connectivity index (χ3n) is 2.88. The quantitative estimate of drug-likeness (QED) is 0.606. The Labute approximate surface area is 121 Å². The van der Waals surface area contributed by atoms with Crippen molar-refractivity contribution in [3.05, 3.63) is 0 Å². The van der Waals surface area contributed by atoms with Crippen molar-refractivity contribution in [1.82, 2.24) is 15.0 Å². The van der Waals surface area contributed by atoms with Gasteiger partial charge in [0, 0.05) is 6.54 Å². The lowest BCUT2D eigenvalue weighted by atomic mass is 10.1. The SMILES string of the molecule is CCCCCCCCNc1nc(N)nc(OCCC)n1. The first-order chi connectivity index (χ1) is 9.76. The number of ether oxygens (including phenoxy) is 1. The van der Waals surface area contributed by atoms with Gasteiger partial charge in [-0.2, -0.15) is 15.0 Å². The number of nitrogens with two attached hydrogens (primary N) is 1. The van der Waals surface area contributed by atoms with E-state index in [9.17, 15) is 0 Å². The van der Waals surface area contributed by atoms with E-state index in [0.717, 1.165) is 19.4 Å². The number of hydrogen-bond acceptors (Lipinski definition) is 6. The molecule has 6 heteroatoms. The van der Waals surface area contributed by atoms with Crippen molar-refractivity contribution in [2.24, 2.45) is 0 Å². The van der Waals surface area contributed by atoms with Crippen molar-refractivity contribution >= 4 is 11.9 Å². The first-order valence-corrected chi connectivity index (χ1v) is 7.64. The Hall–Kier alpha value is -1.59.